The maximum Gasteiger partial charge on any atom is 0.225 e. The lowest BCUT2D eigenvalue weighted by Gasteiger charge is -2.21. The molecule has 6 nitrogen and oxygen atoms in total. The molecule has 0 aliphatic rings. The third-order valence-electron chi connectivity index (χ3n) is 4.10. The summed E-state index contributed by atoms with van der Waals surface area (Å²) in [6, 6.07) is 13.0. The Balaban J connectivity index is 2.05. The first-order valence-electron chi connectivity index (χ1n) is 8.64. The van der Waals surface area contributed by atoms with Gasteiger partial charge in [-0.25, -0.2) is 8.42 Å². The van der Waals surface area contributed by atoms with Crippen LogP contribution >= 0.6 is 0 Å². The highest BCUT2D eigenvalue weighted by Gasteiger charge is 2.20. The monoisotopic (exact) mass is 390 g/mol. The number of carbonyl (C=O) groups is 1. The summed E-state index contributed by atoms with van der Waals surface area (Å²) in [6.07, 6.45) is 1.21. The molecule has 0 saturated carbocycles. The maximum atomic E-state index is 12.3. The first-order valence-corrected chi connectivity index (χ1v) is 10.5. The number of carbonyl (C=O) groups excluding carboxylic acids is 1. The summed E-state index contributed by atoms with van der Waals surface area (Å²) in [5, 5.41) is 2.83. The fourth-order valence-corrected chi connectivity index (χ4v) is 3.68. The molecule has 0 fully saturated rings. The van der Waals surface area contributed by atoms with Gasteiger partial charge in [-0.05, 0) is 43.2 Å². The van der Waals surface area contributed by atoms with E-state index in [2.05, 4.69) is 5.32 Å². The Morgan fingerprint density at radius 2 is 1.74 bits per heavy atom. The molecule has 146 valence electrons. The largest absolute Gasteiger partial charge is 0.496 e. The van der Waals surface area contributed by atoms with Crippen molar-refractivity contribution in [2.75, 3.05) is 25.2 Å². The van der Waals surface area contributed by atoms with Gasteiger partial charge in [0.1, 0.15) is 5.75 Å². The van der Waals surface area contributed by atoms with Crippen molar-refractivity contribution in [3.63, 3.8) is 0 Å². The average molecular weight is 391 g/mol. The summed E-state index contributed by atoms with van der Waals surface area (Å²) in [6.45, 7) is 4.16. The van der Waals surface area contributed by atoms with E-state index in [0.29, 0.717) is 11.4 Å². The number of aryl methyl sites for hydroxylation is 2. The molecule has 1 amide bonds. The van der Waals surface area contributed by atoms with Gasteiger partial charge in [-0.2, -0.15) is 4.31 Å². The van der Waals surface area contributed by atoms with Crippen molar-refractivity contribution in [1.29, 1.82) is 0 Å². The zero-order valence-electron chi connectivity index (χ0n) is 16.2. The quantitative estimate of drug-likeness (QED) is 0.751. The molecule has 0 unspecified atom stereocenters. The van der Waals surface area contributed by atoms with E-state index in [-0.39, 0.29) is 25.4 Å². The number of amides is 1. The Morgan fingerprint density at radius 1 is 1.11 bits per heavy atom. The minimum absolute atomic E-state index is 0.0647. The number of hydrogen-bond acceptors (Lipinski definition) is 4. The second kappa shape index (κ2) is 9.01. The normalized spacial score (nSPS) is 11.4. The lowest BCUT2D eigenvalue weighted by atomic mass is 10.1. The molecule has 0 aliphatic heterocycles. The van der Waals surface area contributed by atoms with Crippen molar-refractivity contribution in [3.8, 4) is 5.75 Å². The highest BCUT2D eigenvalue weighted by molar-refractivity contribution is 7.88. The number of rotatable bonds is 8. The number of anilines is 1. The molecule has 0 aromatic heterocycles. The van der Waals surface area contributed by atoms with Crippen molar-refractivity contribution in [3.05, 3.63) is 59.2 Å². The van der Waals surface area contributed by atoms with E-state index in [1.54, 1.807) is 13.2 Å². The van der Waals surface area contributed by atoms with Gasteiger partial charge in [0.15, 0.2) is 0 Å². The van der Waals surface area contributed by atoms with E-state index in [1.807, 2.05) is 50.2 Å². The van der Waals surface area contributed by atoms with Crippen LogP contribution in [0, 0.1) is 13.8 Å². The van der Waals surface area contributed by atoms with E-state index in [1.165, 1.54) is 4.31 Å². The number of nitrogens with zero attached hydrogens (tertiary/aromatic N) is 1. The Morgan fingerprint density at radius 3 is 2.33 bits per heavy atom. The van der Waals surface area contributed by atoms with E-state index in [4.69, 9.17) is 4.74 Å². The molecule has 0 spiro atoms. The van der Waals surface area contributed by atoms with Crippen LogP contribution in [0.4, 0.5) is 5.69 Å². The maximum absolute atomic E-state index is 12.3. The van der Waals surface area contributed by atoms with Crippen LogP contribution in [0.25, 0.3) is 0 Å². The molecule has 0 aliphatic carbocycles. The van der Waals surface area contributed by atoms with Gasteiger partial charge in [0, 0.05) is 30.8 Å². The smallest absolute Gasteiger partial charge is 0.225 e. The molecule has 7 heteroatoms. The third kappa shape index (κ3) is 6.37. The van der Waals surface area contributed by atoms with Gasteiger partial charge in [0.25, 0.3) is 0 Å². The summed E-state index contributed by atoms with van der Waals surface area (Å²) in [4.78, 5) is 12.3. The van der Waals surface area contributed by atoms with Crippen molar-refractivity contribution in [2.45, 2.75) is 26.8 Å². The molecule has 27 heavy (non-hydrogen) atoms. The standard InChI is InChI=1S/C20H26N2O4S/c1-15-11-16(2)13-18(12-15)21-20(23)9-10-22(27(4,24)25)14-17-7-5-6-8-19(17)26-3/h5-8,11-13H,9-10,14H2,1-4H3,(H,21,23). The highest BCUT2D eigenvalue weighted by atomic mass is 32.2. The van der Waals surface area contributed by atoms with Gasteiger partial charge in [-0.15, -0.1) is 0 Å². The first-order chi connectivity index (χ1) is 12.7. The average Bonchev–Trinajstić information content (AvgIpc) is 2.56. The molecular formula is C20H26N2O4S. The second-order valence-electron chi connectivity index (χ2n) is 6.58. The van der Waals surface area contributed by atoms with Crippen LogP contribution in [0.2, 0.25) is 0 Å². The van der Waals surface area contributed by atoms with Crippen LogP contribution in [0.5, 0.6) is 5.75 Å². The Labute approximate surface area is 161 Å². The van der Waals surface area contributed by atoms with Gasteiger partial charge in [-0.1, -0.05) is 24.3 Å². The van der Waals surface area contributed by atoms with Crippen LogP contribution in [0.1, 0.15) is 23.1 Å². The molecule has 2 rings (SSSR count). The Hall–Kier alpha value is -2.38. The van der Waals surface area contributed by atoms with Crippen LogP contribution in [0.15, 0.2) is 42.5 Å². The van der Waals surface area contributed by atoms with Crippen LogP contribution in [-0.4, -0.2) is 38.5 Å². The molecule has 0 atom stereocenters. The van der Waals surface area contributed by atoms with Gasteiger partial charge in [-0.3, -0.25) is 4.79 Å². The fourth-order valence-electron chi connectivity index (χ4n) is 2.88. The summed E-state index contributed by atoms with van der Waals surface area (Å²) in [5.74, 6) is 0.388. The highest BCUT2D eigenvalue weighted by Crippen LogP contribution is 2.21. The zero-order valence-corrected chi connectivity index (χ0v) is 17.0. The number of ether oxygens (including phenoxy) is 1. The molecule has 0 saturated heterocycles. The Kier molecular flexibility index (Phi) is 6.98. The molecule has 0 radical (unpaired) electrons. The van der Waals surface area contributed by atoms with E-state index in [0.717, 1.165) is 22.9 Å². The number of nitrogens with one attached hydrogen (secondary N) is 1. The minimum Gasteiger partial charge on any atom is -0.496 e. The van der Waals surface area contributed by atoms with Crippen molar-refractivity contribution < 1.29 is 17.9 Å². The van der Waals surface area contributed by atoms with Gasteiger partial charge >= 0.3 is 0 Å². The number of sulfonamides is 1. The predicted octanol–water partition coefficient (Wildman–Crippen LogP) is 3.10. The predicted molar refractivity (Wildman–Crippen MR) is 107 cm³/mol. The van der Waals surface area contributed by atoms with E-state index < -0.39 is 10.0 Å². The molecule has 2 aromatic rings. The fraction of sp³-hybridized carbons (Fsp3) is 0.350. The topological polar surface area (TPSA) is 75.7 Å². The minimum atomic E-state index is -3.47. The van der Waals surface area contributed by atoms with Crippen molar-refractivity contribution in [1.82, 2.24) is 4.31 Å². The van der Waals surface area contributed by atoms with Crippen molar-refractivity contribution in [2.24, 2.45) is 0 Å². The number of benzene rings is 2. The molecular weight excluding hydrogens is 364 g/mol. The van der Waals surface area contributed by atoms with Gasteiger partial charge in [0.2, 0.25) is 15.9 Å². The van der Waals surface area contributed by atoms with E-state index >= 15 is 0 Å². The first kappa shape index (κ1) is 20.9. The number of para-hydroxylation sites is 1. The van der Waals surface area contributed by atoms with Gasteiger partial charge in [0.05, 0.1) is 13.4 Å². The second-order valence-corrected chi connectivity index (χ2v) is 8.57. The SMILES string of the molecule is COc1ccccc1CN(CCC(=O)Nc1cc(C)cc(C)c1)S(C)(=O)=O. The van der Waals surface area contributed by atoms with Crippen LogP contribution < -0.4 is 10.1 Å². The van der Waals surface area contributed by atoms with Gasteiger partial charge < -0.3 is 10.1 Å². The molecule has 0 heterocycles. The molecule has 0 bridgehead atoms. The lowest BCUT2D eigenvalue weighted by molar-refractivity contribution is -0.116. The number of methoxy groups -OCH3 is 1. The number of hydrogen-bond donors (Lipinski definition) is 1. The summed E-state index contributed by atoms with van der Waals surface area (Å²) >= 11 is 0. The summed E-state index contributed by atoms with van der Waals surface area (Å²) in [7, 11) is -1.93. The molecule has 2 aromatic carbocycles. The van der Waals surface area contributed by atoms with Crippen LogP contribution in [0.3, 0.4) is 0 Å². The van der Waals surface area contributed by atoms with E-state index in [9.17, 15) is 13.2 Å². The Bertz CT molecular complexity index is 890. The summed E-state index contributed by atoms with van der Waals surface area (Å²) in [5.41, 5.74) is 3.58. The third-order valence-corrected chi connectivity index (χ3v) is 5.35. The summed E-state index contributed by atoms with van der Waals surface area (Å²) < 4.78 is 30.9. The van der Waals surface area contributed by atoms with Crippen LogP contribution in [-0.2, 0) is 21.4 Å². The van der Waals surface area contributed by atoms with Crippen molar-refractivity contribution >= 4 is 21.6 Å². The lowest BCUT2D eigenvalue weighted by Crippen LogP contribution is -2.32. The molecule has 1 N–H and O–H groups in total. The zero-order chi connectivity index (χ0) is 20.0.